The third-order valence-electron chi connectivity index (χ3n) is 8.49. The average Bonchev–Trinajstić information content (AvgIpc) is 3.59. The standard InChI is InChI=1S/C35H37N3O3S/c1-35(2,34(39)40)22-32-29(20-24-6-5-7-24)30-21-28(41-18-15-27-8-3-4-16-36-27)13-14-31(30)38(32)23-25-9-11-26(12-10-25)33-37-17-19-42-33/h3-4,8-14,16-17,19,21,24H,5-7,15,18,20,22-23H2,1-2H3,(H,39,40). The molecule has 0 saturated heterocycles. The summed E-state index contributed by atoms with van der Waals surface area (Å²) < 4.78 is 8.58. The van der Waals surface area contributed by atoms with Crippen molar-refractivity contribution in [1.82, 2.24) is 14.5 Å². The fourth-order valence-corrected chi connectivity index (χ4v) is 6.40. The number of benzene rings is 2. The molecule has 0 atom stereocenters. The van der Waals surface area contributed by atoms with Gasteiger partial charge in [-0.2, -0.15) is 0 Å². The topological polar surface area (TPSA) is 77.2 Å². The van der Waals surface area contributed by atoms with Crippen LogP contribution in [0.3, 0.4) is 0 Å². The molecule has 2 aromatic carbocycles. The normalized spacial score (nSPS) is 13.8. The van der Waals surface area contributed by atoms with Crippen LogP contribution in [0.4, 0.5) is 0 Å². The first-order chi connectivity index (χ1) is 20.4. The number of aromatic nitrogens is 3. The molecule has 216 valence electrons. The van der Waals surface area contributed by atoms with E-state index in [9.17, 15) is 9.90 Å². The minimum Gasteiger partial charge on any atom is -0.493 e. The van der Waals surface area contributed by atoms with Crippen molar-refractivity contribution >= 4 is 28.2 Å². The summed E-state index contributed by atoms with van der Waals surface area (Å²) in [5.74, 6) is 0.699. The maximum atomic E-state index is 12.3. The fourth-order valence-electron chi connectivity index (χ4n) is 5.76. The van der Waals surface area contributed by atoms with Crippen LogP contribution in [0, 0.1) is 11.3 Å². The number of hydrogen-bond donors (Lipinski definition) is 1. The lowest BCUT2D eigenvalue weighted by atomic mass is 9.79. The molecule has 7 heteroatoms. The van der Waals surface area contributed by atoms with Gasteiger partial charge in [-0.15, -0.1) is 11.3 Å². The van der Waals surface area contributed by atoms with E-state index in [1.807, 2.05) is 55.9 Å². The van der Waals surface area contributed by atoms with Crippen LogP contribution in [0.15, 0.2) is 78.4 Å². The number of thiazole rings is 1. The van der Waals surface area contributed by atoms with Crippen LogP contribution in [0.1, 0.15) is 55.6 Å². The number of ether oxygens (including phenoxy) is 1. The van der Waals surface area contributed by atoms with Crippen LogP contribution in [0.5, 0.6) is 5.75 Å². The van der Waals surface area contributed by atoms with Gasteiger partial charge in [0.15, 0.2) is 0 Å². The summed E-state index contributed by atoms with van der Waals surface area (Å²) in [7, 11) is 0. The molecule has 1 fully saturated rings. The van der Waals surface area contributed by atoms with E-state index in [-0.39, 0.29) is 0 Å². The second kappa shape index (κ2) is 12.1. The number of aliphatic carboxylic acids is 1. The SMILES string of the molecule is CC(C)(Cc1c(CC2CCC2)c2cc(OCCc3ccccn3)ccc2n1Cc1ccc(-c2nccs2)cc1)C(=O)O. The van der Waals surface area contributed by atoms with Crippen LogP contribution in [-0.4, -0.2) is 32.2 Å². The van der Waals surface area contributed by atoms with Gasteiger partial charge in [0.05, 0.1) is 12.0 Å². The second-order valence-electron chi connectivity index (χ2n) is 12.0. The molecular weight excluding hydrogens is 542 g/mol. The first kappa shape index (κ1) is 28.2. The Balaban J connectivity index is 1.37. The second-order valence-corrected chi connectivity index (χ2v) is 12.9. The smallest absolute Gasteiger partial charge is 0.309 e. The van der Waals surface area contributed by atoms with Gasteiger partial charge in [0.25, 0.3) is 0 Å². The molecule has 3 aromatic heterocycles. The molecule has 1 aliphatic carbocycles. The number of pyridine rings is 1. The van der Waals surface area contributed by atoms with E-state index in [0.717, 1.165) is 46.1 Å². The zero-order chi connectivity index (χ0) is 29.1. The molecule has 42 heavy (non-hydrogen) atoms. The number of carboxylic acid groups (broad SMARTS) is 1. The zero-order valence-corrected chi connectivity index (χ0v) is 25.1. The summed E-state index contributed by atoms with van der Waals surface area (Å²) in [6.07, 6.45) is 9.54. The Labute approximate surface area is 251 Å². The van der Waals surface area contributed by atoms with Gasteiger partial charge in [0.1, 0.15) is 10.8 Å². The van der Waals surface area contributed by atoms with Gasteiger partial charge in [-0.3, -0.25) is 9.78 Å². The minimum atomic E-state index is -0.892. The number of fused-ring (bicyclic) bond motifs is 1. The predicted octanol–water partition coefficient (Wildman–Crippen LogP) is 7.83. The van der Waals surface area contributed by atoms with E-state index < -0.39 is 11.4 Å². The largest absolute Gasteiger partial charge is 0.493 e. The minimum absolute atomic E-state index is 0.464. The van der Waals surface area contributed by atoms with E-state index in [4.69, 9.17) is 4.74 Å². The highest BCUT2D eigenvalue weighted by molar-refractivity contribution is 7.13. The summed E-state index contributed by atoms with van der Waals surface area (Å²) in [5, 5.41) is 14.3. The molecule has 0 aliphatic heterocycles. The lowest BCUT2D eigenvalue weighted by Gasteiger charge is -2.27. The average molecular weight is 580 g/mol. The number of nitrogens with zero attached hydrogens (tertiary/aromatic N) is 3. The van der Waals surface area contributed by atoms with Gasteiger partial charge in [0.2, 0.25) is 0 Å². The Morgan fingerprint density at radius 2 is 1.90 bits per heavy atom. The van der Waals surface area contributed by atoms with Crippen molar-refractivity contribution in [3.8, 4) is 16.3 Å². The monoisotopic (exact) mass is 579 g/mol. The van der Waals surface area contributed by atoms with Gasteiger partial charge in [-0.1, -0.05) is 49.6 Å². The Bertz CT molecular complexity index is 1650. The quantitative estimate of drug-likeness (QED) is 0.163. The summed E-state index contributed by atoms with van der Waals surface area (Å²) in [4.78, 5) is 21.2. The molecule has 0 radical (unpaired) electrons. The number of carbonyl (C=O) groups is 1. The third-order valence-corrected chi connectivity index (χ3v) is 9.31. The van der Waals surface area contributed by atoms with E-state index in [1.54, 1.807) is 11.3 Å². The Kier molecular flexibility index (Phi) is 8.11. The lowest BCUT2D eigenvalue weighted by molar-refractivity contribution is -0.146. The Morgan fingerprint density at radius 3 is 2.57 bits per heavy atom. The highest BCUT2D eigenvalue weighted by Gasteiger charge is 2.32. The van der Waals surface area contributed by atoms with Gasteiger partial charge >= 0.3 is 5.97 Å². The van der Waals surface area contributed by atoms with Crippen molar-refractivity contribution < 1.29 is 14.6 Å². The van der Waals surface area contributed by atoms with Crippen molar-refractivity contribution in [2.24, 2.45) is 11.3 Å². The molecule has 0 spiro atoms. The van der Waals surface area contributed by atoms with E-state index in [1.165, 1.54) is 35.8 Å². The predicted molar refractivity (Wildman–Crippen MR) is 168 cm³/mol. The summed E-state index contributed by atoms with van der Waals surface area (Å²) in [6, 6.07) is 20.9. The van der Waals surface area contributed by atoms with E-state index in [0.29, 0.717) is 25.5 Å². The number of rotatable bonds is 12. The molecule has 6 nitrogen and oxygen atoms in total. The van der Waals surface area contributed by atoms with E-state index >= 15 is 0 Å². The molecule has 1 N–H and O–H groups in total. The summed E-state index contributed by atoms with van der Waals surface area (Å²) >= 11 is 1.63. The molecule has 6 rings (SSSR count). The molecule has 1 aliphatic rings. The van der Waals surface area contributed by atoms with Crippen molar-refractivity contribution in [2.45, 2.75) is 58.9 Å². The molecule has 0 bridgehead atoms. The van der Waals surface area contributed by atoms with Crippen molar-refractivity contribution in [1.29, 1.82) is 0 Å². The maximum Gasteiger partial charge on any atom is 0.309 e. The van der Waals surface area contributed by atoms with Gasteiger partial charge < -0.3 is 14.4 Å². The molecule has 5 aromatic rings. The first-order valence-electron chi connectivity index (χ1n) is 14.8. The van der Waals surface area contributed by atoms with Crippen molar-refractivity contribution in [2.75, 3.05) is 6.61 Å². The Morgan fingerprint density at radius 1 is 1.07 bits per heavy atom. The maximum absolute atomic E-state index is 12.3. The number of carboxylic acids is 1. The third kappa shape index (κ3) is 6.12. The Hall–Kier alpha value is -3.97. The van der Waals surface area contributed by atoms with Crippen molar-refractivity contribution in [3.63, 3.8) is 0 Å². The highest BCUT2D eigenvalue weighted by atomic mass is 32.1. The molecular formula is C35H37N3O3S. The lowest BCUT2D eigenvalue weighted by Crippen LogP contribution is -2.28. The van der Waals surface area contributed by atoms with Crippen LogP contribution in [0.25, 0.3) is 21.5 Å². The molecule has 0 unspecified atom stereocenters. The van der Waals surface area contributed by atoms with Crippen LogP contribution in [0.2, 0.25) is 0 Å². The molecule has 3 heterocycles. The zero-order valence-electron chi connectivity index (χ0n) is 24.3. The van der Waals surface area contributed by atoms with Crippen molar-refractivity contribution in [3.05, 3.63) is 101 Å². The van der Waals surface area contributed by atoms with Crippen LogP contribution in [-0.2, 0) is 30.6 Å². The highest BCUT2D eigenvalue weighted by Crippen LogP contribution is 2.39. The molecule has 0 amide bonds. The van der Waals surface area contributed by atoms with Gasteiger partial charge in [0, 0.05) is 65.0 Å². The van der Waals surface area contributed by atoms with Crippen LogP contribution >= 0.6 is 11.3 Å². The first-order valence-corrected chi connectivity index (χ1v) is 15.6. The molecule has 1 saturated carbocycles. The van der Waals surface area contributed by atoms with Crippen LogP contribution < -0.4 is 4.74 Å². The summed E-state index contributed by atoms with van der Waals surface area (Å²) in [5.41, 5.74) is 5.93. The fraction of sp³-hybridized carbons (Fsp3) is 0.343. The van der Waals surface area contributed by atoms with E-state index in [2.05, 4.69) is 50.9 Å². The summed E-state index contributed by atoms with van der Waals surface area (Å²) in [6.45, 7) is 4.88. The number of hydrogen-bond acceptors (Lipinski definition) is 5. The van der Waals surface area contributed by atoms with Gasteiger partial charge in [-0.05, 0) is 67.6 Å². The van der Waals surface area contributed by atoms with Gasteiger partial charge in [-0.25, -0.2) is 4.98 Å².